The number of benzene rings is 4. The van der Waals surface area contributed by atoms with E-state index < -0.39 is 22.5 Å². The van der Waals surface area contributed by atoms with Gasteiger partial charge in [0.1, 0.15) is 13.2 Å². The third-order valence-corrected chi connectivity index (χ3v) is 8.54. The van der Waals surface area contributed by atoms with Crippen LogP contribution in [-0.2, 0) is 27.8 Å². The molecule has 0 aromatic heterocycles. The van der Waals surface area contributed by atoms with Crippen LogP contribution in [0.5, 0.6) is 11.5 Å². The predicted molar refractivity (Wildman–Crippen MR) is 171 cm³/mol. The second kappa shape index (κ2) is 14.7. The fourth-order valence-corrected chi connectivity index (χ4v) is 5.85. The van der Waals surface area contributed by atoms with Crippen LogP contribution in [0, 0.1) is 6.92 Å². The number of sulfonamides is 1. The first-order valence-corrected chi connectivity index (χ1v) is 15.7. The highest BCUT2D eigenvalue weighted by Gasteiger charge is 2.28. The van der Waals surface area contributed by atoms with Gasteiger partial charge < -0.3 is 9.47 Å². The van der Waals surface area contributed by atoms with Crippen LogP contribution in [-0.4, -0.2) is 33.7 Å². The summed E-state index contributed by atoms with van der Waals surface area (Å²) in [4.78, 5) is 13.1. The van der Waals surface area contributed by atoms with E-state index in [9.17, 15) is 13.2 Å². The van der Waals surface area contributed by atoms with Crippen molar-refractivity contribution in [2.24, 2.45) is 5.10 Å². The standard InChI is InChI=1S/C33H34ClN3O5S/c1-4-27-8-6-7-9-30(27)37(43(39,40)29-17-10-24(3)11-18-29)22-33(38)36-35-21-26-14-19-31(32(20-26)41-5-2)42-23-25-12-15-28(34)16-13-25/h6-21H,4-5,22-23H2,1-3H3,(H,36,38)/b35-21+. The number of hydrogen-bond acceptors (Lipinski definition) is 6. The zero-order chi connectivity index (χ0) is 30.8. The van der Waals surface area contributed by atoms with Crippen LogP contribution < -0.4 is 19.2 Å². The highest BCUT2D eigenvalue weighted by molar-refractivity contribution is 7.92. The van der Waals surface area contributed by atoms with E-state index in [2.05, 4.69) is 10.5 Å². The minimum absolute atomic E-state index is 0.0992. The molecule has 8 nitrogen and oxygen atoms in total. The van der Waals surface area contributed by atoms with Gasteiger partial charge in [0.2, 0.25) is 0 Å². The van der Waals surface area contributed by atoms with Crippen molar-refractivity contribution >= 4 is 39.4 Å². The molecule has 0 aliphatic heterocycles. The van der Waals surface area contributed by atoms with Crippen LogP contribution in [0.2, 0.25) is 5.02 Å². The number of amides is 1. The van der Waals surface area contributed by atoms with Crippen LogP contribution in [0.4, 0.5) is 5.69 Å². The third kappa shape index (κ3) is 8.37. The molecule has 0 radical (unpaired) electrons. The molecular weight excluding hydrogens is 586 g/mol. The lowest BCUT2D eigenvalue weighted by atomic mass is 10.1. The Balaban J connectivity index is 1.49. The van der Waals surface area contributed by atoms with E-state index in [0.29, 0.717) is 47.4 Å². The minimum atomic E-state index is -4.04. The summed E-state index contributed by atoms with van der Waals surface area (Å²) in [6, 6.07) is 26.4. The second-order valence-corrected chi connectivity index (χ2v) is 12.0. The number of halogens is 1. The maximum Gasteiger partial charge on any atom is 0.264 e. The normalized spacial score (nSPS) is 11.3. The monoisotopic (exact) mass is 619 g/mol. The van der Waals surface area contributed by atoms with Gasteiger partial charge in [-0.25, -0.2) is 13.8 Å². The Morgan fingerprint density at radius 1 is 0.930 bits per heavy atom. The number of carbonyl (C=O) groups excluding carboxylic acids is 1. The highest BCUT2D eigenvalue weighted by Crippen LogP contribution is 2.30. The summed E-state index contributed by atoms with van der Waals surface area (Å²) < 4.78 is 40.2. The van der Waals surface area contributed by atoms with Crippen molar-refractivity contribution in [3.8, 4) is 11.5 Å². The lowest BCUT2D eigenvalue weighted by Gasteiger charge is -2.25. The van der Waals surface area contributed by atoms with Crippen molar-refractivity contribution in [2.75, 3.05) is 17.5 Å². The van der Waals surface area contributed by atoms with E-state index in [4.69, 9.17) is 21.1 Å². The van der Waals surface area contributed by atoms with Crippen molar-refractivity contribution in [1.29, 1.82) is 0 Å². The number of nitrogens with one attached hydrogen (secondary N) is 1. The Morgan fingerprint density at radius 2 is 1.65 bits per heavy atom. The number of rotatable bonds is 13. The molecular formula is C33H34ClN3O5S. The largest absolute Gasteiger partial charge is 0.490 e. The lowest BCUT2D eigenvalue weighted by Crippen LogP contribution is -2.40. The number of anilines is 1. The topological polar surface area (TPSA) is 97.3 Å². The first kappa shape index (κ1) is 31.6. The van der Waals surface area contributed by atoms with Crippen molar-refractivity contribution < 1.29 is 22.7 Å². The fourth-order valence-electron chi connectivity index (χ4n) is 4.27. The summed E-state index contributed by atoms with van der Waals surface area (Å²) in [5, 5.41) is 4.73. The van der Waals surface area contributed by atoms with E-state index in [1.54, 1.807) is 66.7 Å². The third-order valence-electron chi connectivity index (χ3n) is 6.52. The van der Waals surface area contributed by atoms with Gasteiger partial charge >= 0.3 is 0 Å². The van der Waals surface area contributed by atoms with Gasteiger partial charge in [0.15, 0.2) is 11.5 Å². The number of ether oxygens (including phenoxy) is 2. The van der Waals surface area contributed by atoms with Gasteiger partial charge in [-0.15, -0.1) is 0 Å². The number of aryl methyl sites for hydroxylation is 2. The van der Waals surface area contributed by atoms with E-state index in [0.717, 1.165) is 21.0 Å². The quantitative estimate of drug-likeness (QED) is 0.135. The lowest BCUT2D eigenvalue weighted by molar-refractivity contribution is -0.119. The molecule has 4 rings (SSSR count). The maximum absolute atomic E-state index is 13.7. The zero-order valence-corrected chi connectivity index (χ0v) is 25.9. The minimum Gasteiger partial charge on any atom is -0.490 e. The molecule has 10 heteroatoms. The SMILES string of the molecule is CCOc1cc(/C=N/NC(=O)CN(c2ccccc2CC)S(=O)(=O)c2ccc(C)cc2)ccc1OCc1ccc(Cl)cc1. The molecule has 0 fully saturated rings. The fraction of sp³-hybridized carbons (Fsp3) is 0.212. The van der Waals surface area contributed by atoms with Gasteiger partial charge in [0, 0.05) is 5.02 Å². The van der Waals surface area contributed by atoms with Gasteiger partial charge in [-0.1, -0.05) is 66.6 Å². The summed E-state index contributed by atoms with van der Waals surface area (Å²) in [5.41, 5.74) is 6.25. The van der Waals surface area contributed by atoms with Gasteiger partial charge in [-0.05, 0) is 85.5 Å². The zero-order valence-electron chi connectivity index (χ0n) is 24.3. The Hall–Kier alpha value is -4.34. The molecule has 4 aromatic rings. The number of carbonyl (C=O) groups is 1. The number of nitrogens with zero attached hydrogens (tertiary/aromatic N) is 2. The molecule has 1 amide bonds. The van der Waals surface area contributed by atoms with E-state index in [1.807, 2.05) is 45.0 Å². The maximum atomic E-state index is 13.7. The first-order valence-electron chi connectivity index (χ1n) is 13.8. The van der Waals surface area contributed by atoms with Crippen molar-refractivity contribution in [3.63, 3.8) is 0 Å². The van der Waals surface area contributed by atoms with E-state index in [-0.39, 0.29) is 4.90 Å². The van der Waals surface area contributed by atoms with Crippen molar-refractivity contribution in [1.82, 2.24) is 5.43 Å². The van der Waals surface area contributed by atoms with Crippen LogP contribution >= 0.6 is 11.6 Å². The van der Waals surface area contributed by atoms with E-state index in [1.165, 1.54) is 6.21 Å². The van der Waals surface area contributed by atoms with Gasteiger partial charge in [-0.3, -0.25) is 9.10 Å². The van der Waals surface area contributed by atoms with E-state index >= 15 is 0 Å². The molecule has 0 saturated carbocycles. The van der Waals surface area contributed by atoms with Crippen LogP contribution in [0.3, 0.4) is 0 Å². The smallest absolute Gasteiger partial charge is 0.264 e. The average Bonchev–Trinajstić information content (AvgIpc) is 3.00. The summed E-state index contributed by atoms with van der Waals surface area (Å²) in [6.45, 7) is 6.00. The van der Waals surface area contributed by atoms with Crippen LogP contribution in [0.1, 0.15) is 36.1 Å². The molecule has 224 valence electrons. The first-order chi connectivity index (χ1) is 20.7. The molecule has 0 aliphatic rings. The van der Waals surface area contributed by atoms with Crippen molar-refractivity contribution in [3.05, 3.63) is 118 Å². The summed E-state index contributed by atoms with van der Waals surface area (Å²) >= 11 is 5.96. The van der Waals surface area contributed by atoms with Gasteiger partial charge in [0.25, 0.3) is 15.9 Å². The summed E-state index contributed by atoms with van der Waals surface area (Å²) in [7, 11) is -4.04. The number of hydrogen-bond donors (Lipinski definition) is 1. The Morgan fingerprint density at radius 3 is 2.35 bits per heavy atom. The average molecular weight is 620 g/mol. The molecule has 0 saturated heterocycles. The number of para-hydroxylation sites is 1. The van der Waals surface area contributed by atoms with Crippen molar-refractivity contribution in [2.45, 2.75) is 38.7 Å². The Kier molecular flexibility index (Phi) is 10.8. The predicted octanol–water partition coefficient (Wildman–Crippen LogP) is 6.53. The molecule has 0 unspecified atom stereocenters. The molecule has 0 spiro atoms. The molecule has 0 aliphatic carbocycles. The molecule has 0 bridgehead atoms. The molecule has 43 heavy (non-hydrogen) atoms. The van der Waals surface area contributed by atoms with Gasteiger partial charge in [-0.2, -0.15) is 5.10 Å². The highest BCUT2D eigenvalue weighted by atomic mass is 35.5. The number of hydrazone groups is 1. The summed E-state index contributed by atoms with van der Waals surface area (Å²) in [5.74, 6) is 0.494. The molecule has 4 aromatic carbocycles. The summed E-state index contributed by atoms with van der Waals surface area (Å²) in [6.07, 6.45) is 2.06. The Bertz CT molecular complexity index is 1670. The Labute approximate surface area is 258 Å². The second-order valence-electron chi connectivity index (χ2n) is 9.65. The van der Waals surface area contributed by atoms with Gasteiger partial charge in [0.05, 0.1) is 23.4 Å². The molecule has 0 heterocycles. The van der Waals surface area contributed by atoms with Crippen LogP contribution in [0.15, 0.2) is 101 Å². The molecule has 0 atom stereocenters. The molecule has 1 N–H and O–H groups in total. The van der Waals surface area contributed by atoms with Crippen LogP contribution in [0.25, 0.3) is 0 Å².